The van der Waals surface area contributed by atoms with Crippen LogP contribution in [0.3, 0.4) is 0 Å². The van der Waals surface area contributed by atoms with Gasteiger partial charge < -0.3 is 9.72 Å². The van der Waals surface area contributed by atoms with Gasteiger partial charge in [-0.25, -0.2) is 0 Å². The summed E-state index contributed by atoms with van der Waals surface area (Å²) in [5, 5.41) is 0. The highest BCUT2D eigenvalue weighted by Gasteiger charge is 2.35. The van der Waals surface area contributed by atoms with E-state index >= 15 is 0 Å². The minimum atomic E-state index is -3.51. The number of rotatable bonds is 3. The van der Waals surface area contributed by atoms with Crippen LogP contribution in [-0.2, 0) is 6.11 Å². The van der Waals surface area contributed by atoms with Crippen molar-refractivity contribution in [1.29, 1.82) is 0 Å². The summed E-state index contributed by atoms with van der Waals surface area (Å²) in [6.07, 6.45) is -3.51. The first-order valence-electron chi connectivity index (χ1n) is 5.42. The predicted molar refractivity (Wildman–Crippen MR) is 70.5 cm³/mol. The fourth-order valence-electron chi connectivity index (χ4n) is 1.55. The topological polar surface area (TPSA) is 42.1 Å². The summed E-state index contributed by atoms with van der Waals surface area (Å²) >= 11 is 2.94. The van der Waals surface area contributed by atoms with E-state index in [4.69, 9.17) is 0 Å². The molecule has 0 atom stereocenters. The molecule has 1 heterocycles. The molecule has 0 saturated heterocycles. The van der Waals surface area contributed by atoms with Gasteiger partial charge in [0.25, 0.3) is 5.56 Å². The highest BCUT2D eigenvalue weighted by molar-refractivity contribution is 9.10. The minimum Gasteiger partial charge on any atom is -0.427 e. The van der Waals surface area contributed by atoms with Crippen LogP contribution >= 0.6 is 15.9 Å². The van der Waals surface area contributed by atoms with Gasteiger partial charge in [-0.05, 0) is 35.0 Å². The molecule has 0 radical (unpaired) electrons. The number of alkyl halides is 2. The number of aryl methyl sites for hydroxylation is 1. The van der Waals surface area contributed by atoms with Crippen molar-refractivity contribution in [2.75, 3.05) is 0 Å². The Bertz CT molecular complexity index is 641. The number of hydrogen-bond acceptors (Lipinski definition) is 2. The normalized spacial score (nSPS) is 11.4. The molecule has 0 aliphatic heterocycles. The molecule has 2 aromatic rings. The lowest BCUT2D eigenvalue weighted by molar-refractivity contribution is -0.185. The highest BCUT2D eigenvalue weighted by Crippen LogP contribution is 2.33. The molecular formula is C13H10BrF2NO2. The molecule has 6 heteroatoms. The van der Waals surface area contributed by atoms with Crippen molar-refractivity contribution < 1.29 is 13.5 Å². The first-order valence-corrected chi connectivity index (χ1v) is 6.21. The van der Waals surface area contributed by atoms with Gasteiger partial charge >= 0.3 is 6.11 Å². The van der Waals surface area contributed by atoms with E-state index in [0.29, 0.717) is 5.69 Å². The van der Waals surface area contributed by atoms with Gasteiger partial charge in [-0.3, -0.25) is 4.79 Å². The third kappa shape index (κ3) is 3.01. The Morgan fingerprint density at radius 1 is 1.26 bits per heavy atom. The Labute approximate surface area is 116 Å². The van der Waals surface area contributed by atoms with E-state index in [-0.39, 0.29) is 15.8 Å². The molecule has 1 N–H and O–H groups in total. The Kier molecular flexibility index (Phi) is 3.71. The Morgan fingerprint density at radius 2 is 1.89 bits per heavy atom. The monoisotopic (exact) mass is 329 g/mol. The highest BCUT2D eigenvalue weighted by atomic mass is 79.9. The van der Waals surface area contributed by atoms with Gasteiger partial charge in [-0.2, -0.15) is 8.78 Å². The molecule has 2 rings (SSSR count). The molecule has 0 amide bonds. The smallest absolute Gasteiger partial charge is 0.426 e. The summed E-state index contributed by atoms with van der Waals surface area (Å²) in [7, 11) is 0. The van der Waals surface area contributed by atoms with Crippen molar-refractivity contribution in [3.63, 3.8) is 0 Å². The Balaban J connectivity index is 2.38. The third-order valence-corrected chi connectivity index (χ3v) is 3.17. The van der Waals surface area contributed by atoms with Crippen molar-refractivity contribution in [2.45, 2.75) is 13.0 Å². The lowest BCUT2D eigenvalue weighted by atomic mass is 10.2. The van der Waals surface area contributed by atoms with Gasteiger partial charge in [0.2, 0.25) is 0 Å². The number of pyridine rings is 1. The molecule has 0 fully saturated rings. The van der Waals surface area contributed by atoms with Gasteiger partial charge in [-0.15, -0.1) is 0 Å². The number of hydrogen-bond donors (Lipinski definition) is 1. The van der Waals surface area contributed by atoms with Gasteiger partial charge in [-0.1, -0.05) is 18.2 Å². The number of nitrogens with one attached hydrogen (secondary N) is 1. The minimum absolute atomic E-state index is 0.0614. The van der Waals surface area contributed by atoms with Crippen molar-refractivity contribution in [3.05, 3.63) is 62.5 Å². The second kappa shape index (κ2) is 5.13. The summed E-state index contributed by atoms with van der Waals surface area (Å²) in [6, 6.07) is 8.46. The SMILES string of the molecule is Cc1cc(OC(F)(F)c2ccccc2)c(Br)c(=O)[nH]1. The molecule has 3 nitrogen and oxygen atoms in total. The van der Waals surface area contributed by atoms with Crippen LogP contribution in [0.25, 0.3) is 0 Å². The molecule has 1 aromatic heterocycles. The molecule has 1 aromatic carbocycles. The number of halogens is 3. The lowest BCUT2D eigenvalue weighted by Gasteiger charge is -2.19. The number of H-pyrrole nitrogens is 1. The van der Waals surface area contributed by atoms with E-state index in [1.807, 2.05) is 0 Å². The van der Waals surface area contributed by atoms with Crippen LogP contribution in [0.1, 0.15) is 11.3 Å². The maximum atomic E-state index is 13.9. The zero-order valence-corrected chi connectivity index (χ0v) is 11.5. The van der Waals surface area contributed by atoms with Crippen molar-refractivity contribution in [3.8, 4) is 5.75 Å². The van der Waals surface area contributed by atoms with E-state index in [2.05, 4.69) is 25.7 Å². The summed E-state index contributed by atoms with van der Waals surface area (Å²) < 4.78 is 32.5. The fourth-order valence-corrected chi connectivity index (χ4v) is 1.84. The average Bonchev–Trinajstić information content (AvgIpc) is 2.36. The Morgan fingerprint density at radius 3 is 2.53 bits per heavy atom. The van der Waals surface area contributed by atoms with Crippen LogP contribution in [0.2, 0.25) is 0 Å². The van der Waals surface area contributed by atoms with Crippen molar-refractivity contribution >= 4 is 15.9 Å². The third-order valence-electron chi connectivity index (χ3n) is 2.42. The van der Waals surface area contributed by atoms with Crippen molar-refractivity contribution in [1.82, 2.24) is 4.98 Å². The lowest BCUT2D eigenvalue weighted by Crippen LogP contribution is -2.23. The van der Waals surface area contributed by atoms with Gasteiger partial charge in [0.15, 0.2) is 0 Å². The second-order valence-electron chi connectivity index (χ2n) is 3.94. The maximum Gasteiger partial charge on any atom is 0.426 e. The summed E-state index contributed by atoms with van der Waals surface area (Å²) in [6.45, 7) is 1.58. The van der Waals surface area contributed by atoms with Gasteiger partial charge in [0, 0.05) is 11.8 Å². The van der Waals surface area contributed by atoms with E-state index in [1.54, 1.807) is 13.0 Å². The van der Waals surface area contributed by atoms with Crippen LogP contribution in [0.4, 0.5) is 8.78 Å². The number of benzene rings is 1. The number of aromatic amines is 1. The quantitative estimate of drug-likeness (QED) is 0.935. The van der Waals surface area contributed by atoms with Crippen molar-refractivity contribution in [2.24, 2.45) is 0 Å². The largest absolute Gasteiger partial charge is 0.427 e. The molecule has 0 spiro atoms. The first-order chi connectivity index (χ1) is 8.90. The molecule has 0 aliphatic carbocycles. The molecule has 19 heavy (non-hydrogen) atoms. The molecule has 0 unspecified atom stereocenters. The van der Waals surface area contributed by atoms with Gasteiger partial charge in [0.1, 0.15) is 10.2 Å². The van der Waals surface area contributed by atoms with Crippen LogP contribution in [0, 0.1) is 6.92 Å². The molecule has 0 aliphatic rings. The standard InChI is InChI=1S/C13H10BrF2NO2/c1-8-7-10(11(14)12(18)17-8)19-13(15,16)9-5-3-2-4-6-9/h2-7H,1H3,(H,17,18). The van der Waals surface area contributed by atoms with E-state index in [1.165, 1.54) is 30.3 Å². The zero-order chi connectivity index (χ0) is 14.0. The van der Waals surface area contributed by atoms with E-state index < -0.39 is 11.7 Å². The summed E-state index contributed by atoms with van der Waals surface area (Å²) in [4.78, 5) is 13.9. The average molecular weight is 330 g/mol. The predicted octanol–water partition coefficient (Wildman–Crippen LogP) is 3.57. The van der Waals surface area contributed by atoms with Crippen LogP contribution in [-0.4, -0.2) is 4.98 Å². The molecule has 100 valence electrons. The first kappa shape index (κ1) is 13.7. The second-order valence-corrected chi connectivity index (χ2v) is 4.74. The molecular weight excluding hydrogens is 320 g/mol. The summed E-state index contributed by atoms with van der Waals surface area (Å²) in [5.41, 5.74) is -0.356. The zero-order valence-electron chi connectivity index (χ0n) is 9.91. The van der Waals surface area contributed by atoms with Crippen LogP contribution < -0.4 is 10.3 Å². The van der Waals surface area contributed by atoms with E-state index in [9.17, 15) is 13.6 Å². The number of ether oxygens (including phenoxy) is 1. The Hall–Kier alpha value is -1.69. The fraction of sp³-hybridized carbons (Fsp3) is 0.154. The van der Waals surface area contributed by atoms with Gasteiger partial charge in [0.05, 0.1) is 5.56 Å². The summed E-state index contributed by atoms with van der Waals surface area (Å²) in [5.74, 6) is -0.199. The van der Waals surface area contributed by atoms with Crippen LogP contribution in [0.15, 0.2) is 45.7 Å². The maximum absolute atomic E-state index is 13.9. The van der Waals surface area contributed by atoms with E-state index in [0.717, 1.165) is 0 Å². The molecule has 0 bridgehead atoms. The number of aromatic nitrogens is 1. The van der Waals surface area contributed by atoms with Crippen LogP contribution in [0.5, 0.6) is 5.75 Å². The molecule has 0 saturated carbocycles.